The zero-order valence-corrected chi connectivity index (χ0v) is 12.7. The lowest BCUT2D eigenvalue weighted by atomic mass is 9.94. The summed E-state index contributed by atoms with van der Waals surface area (Å²) in [6.07, 6.45) is 1.35. The van der Waals surface area contributed by atoms with Gasteiger partial charge >= 0.3 is 0 Å². The number of aryl methyl sites for hydroxylation is 1. The van der Waals surface area contributed by atoms with Crippen molar-refractivity contribution >= 4 is 21.8 Å². The van der Waals surface area contributed by atoms with E-state index in [-0.39, 0.29) is 18.1 Å². The van der Waals surface area contributed by atoms with Crippen molar-refractivity contribution in [2.75, 3.05) is 6.61 Å². The Morgan fingerprint density at radius 2 is 2.17 bits per heavy atom. The van der Waals surface area contributed by atoms with Crippen molar-refractivity contribution in [2.45, 2.75) is 39.2 Å². The SMILES string of the molecule is CCC(C)(CCO)NC(=O)c1ccc(Br)c(C)c1. The first kappa shape index (κ1) is 15.2. The van der Waals surface area contributed by atoms with Crippen molar-refractivity contribution in [3.8, 4) is 0 Å². The lowest BCUT2D eigenvalue weighted by Crippen LogP contribution is -2.46. The molecule has 1 rings (SSSR count). The number of amides is 1. The topological polar surface area (TPSA) is 49.3 Å². The van der Waals surface area contributed by atoms with Crippen LogP contribution in [0.2, 0.25) is 0 Å². The van der Waals surface area contributed by atoms with Gasteiger partial charge < -0.3 is 10.4 Å². The molecule has 4 heteroatoms. The van der Waals surface area contributed by atoms with Crippen LogP contribution in [0.1, 0.15) is 42.6 Å². The summed E-state index contributed by atoms with van der Waals surface area (Å²) in [6.45, 7) is 5.98. The molecule has 0 bridgehead atoms. The highest BCUT2D eigenvalue weighted by molar-refractivity contribution is 9.10. The lowest BCUT2D eigenvalue weighted by molar-refractivity contribution is 0.0886. The van der Waals surface area contributed by atoms with Crippen LogP contribution in [0.3, 0.4) is 0 Å². The van der Waals surface area contributed by atoms with Crippen molar-refractivity contribution in [3.05, 3.63) is 33.8 Å². The third-order valence-electron chi connectivity index (χ3n) is 3.28. The minimum atomic E-state index is -0.354. The Kier molecular flexibility index (Phi) is 5.35. The smallest absolute Gasteiger partial charge is 0.251 e. The van der Waals surface area contributed by atoms with Gasteiger partial charge in [0.1, 0.15) is 0 Å². The van der Waals surface area contributed by atoms with Gasteiger partial charge in [-0.25, -0.2) is 0 Å². The first-order valence-corrected chi connectivity index (χ1v) is 6.90. The zero-order chi connectivity index (χ0) is 13.8. The molecule has 0 aromatic heterocycles. The van der Waals surface area contributed by atoms with Crippen LogP contribution in [0.4, 0.5) is 0 Å². The highest BCUT2D eigenvalue weighted by Crippen LogP contribution is 2.19. The van der Waals surface area contributed by atoms with E-state index in [1.165, 1.54) is 0 Å². The molecule has 18 heavy (non-hydrogen) atoms. The van der Waals surface area contributed by atoms with E-state index in [0.717, 1.165) is 16.5 Å². The van der Waals surface area contributed by atoms with Crippen molar-refractivity contribution in [2.24, 2.45) is 0 Å². The summed E-state index contributed by atoms with van der Waals surface area (Å²) in [5, 5.41) is 12.0. The van der Waals surface area contributed by atoms with Gasteiger partial charge in [0.15, 0.2) is 0 Å². The first-order chi connectivity index (χ1) is 8.41. The second-order valence-corrected chi connectivity index (χ2v) is 5.66. The summed E-state index contributed by atoms with van der Waals surface area (Å²) in [6, 6.07) is 5.52. The molecule has 0 aliphatic heterocycles. The number of aliphatic hydroxyl groups is 1. The second kappa shape index (κ2) is 6.34. The number of halogens is 1. The molecule has 0 aliphatic carbocycles. The van der Waals surface area contributed by atoms with Gasteiger partial charge in [-0.3, -0.25) is 4.79 Å². The van der Waals surface area contributed by atoms with Crippen LogP contribution in [-0.2, 0) is 0 Å². The third kappa shape index (κ3) is 3.82. The summed E-state index contributed by atoms with van der Waals surface area (Å²) in [5.41, 5.74) is 1.32. The number of aliphatic hydroxyl groups excluding tert-OH is 1. The summed E-state index contributed by atoms with van der Waals surface area (Å²) in [7, 11) is 0. The van der Waals surface area contributed by atoms with Gasteiger partial charge in [-0.2, -0.15) is 0 Å². The van der Waals surface area contributed by atoms with Crippen LogP contribution < -0.4 is 5.32 Å². The molecule has 0 radical (unpaired) electrons. The number of rotatable bonds is 5. The van der Waals surface area contributed by atoms with E-state index in [2.05, 4.69) is 21.2 Å². The standard InChI is InChI=1S/C14H20BrNO2/c1-4-14(3,7-8-17)16-13(18)11-5-6-12(15)10(2)9-11/h5-6,9,17H,4,7-8H2,1-3H3,(H,16,18). The number of carbonyl (C=O) groups is 1. The van der Waals surface area contributed by atoms with E-state index in [1.807, 2.05) is 32.9 Å². The summed E-state index contributed by atoms with van der Waals surface area (Å²) in [4.78, 5) is 12.1. The van der Waals surface area contributed by atoms with Crippen molar-refractivity contribution in [1.82, 2.24) is 5.32 Å². The van der Waals surface area contributed by atoms with E-state index in [9.17, 15) is 4.79 Å². The van der Waals surface area contributed by atoms with E-state index in [4.69, 9.17) is 5.11 Å². The molecule has 2 N–H and O–H groups in total. The molecule has 0 saturated carbocycles. The predicted octanol–water partition coefficient (Wildman–Crippen LogP) is 3.04. The van der Waals surface area contributed by atoms with Crippen molar-refractivity contribution in [3.63, 3.8) is 0 Å². The van der Waals surface area contributed by atoms with E-state index in [1.54, 1.807) is 6.07 Å². The van der Waals surface area contributed by atoms with Gasteiger partial charge in [0, 0.05) is 22.2 Å². The number of benzene rings is 1. The quantitative estimate of drug-likeness (QED) is 0.877. The monoisotopic (exact) mass is 313 g/mol. The van der Waals surface area contributed by atoms with Crippen LogP contribution in [-0.4, -0.2) is 23.2 Å². The fraction of sp³-hybridized carbons (Fsp3) is 0.500. The van der Waals surface area contributed by atoms with Crippen LogP contribution in [0, 0.1) is 6.92 Å². The minimum absolute atomic E-state index is 0.0734. The Labute approximate surface area is 117 Å². The molecule has 1 atom stereocenters. The van der Waals surface area contributed by atoms with E-state index < -0.39 is 0 Å². The molecular weight excluding hydrogens is 294 g/mol. The molecule has 1 amide bonds. The van der Waals surface area contributed by atoms with E-state index in [0.29, 0.717) is 12.0 Å². The summed E-state index contributed by atoms with van der Waals surface area (Å²) in [5.74, 6) is -0.0941. The molecule has 0 spiro atoms. The van der Waals surface area contributed by atoms with Crippen LogP contribution in [0.5, 0.6) is 0 Å². The van der Waals surface area contributed by atoms with Gasteiger partial charge in [-0.1, -0.05) is 22.9 Å². The molecule has 1 aromatic carbocycles. The Bertz CT molecular complexity index is 434. The Morgan fingerprint density at radius 1 is 1.50 bits per heavy atom. The number of hydrogen-bond acceptors (Lipinski definition) is 2. The first-order valence-electron chi connectivity index (χ1n) is 6.11. The van der Waals surface area contributed by atoms with Crippen molar-refractivity contribution < 1.29 is 9.90 Å². The summed E-state index contributed by atoms with van der Waals surface area (Å²) < 4.78 is 0.993. The average Bonchev–Trinajstić information content (AvgIpc) is 2.32. The average molecular weight is 314 g/mol. The molecule has 1 unspecified atom stereocenters. The Balaban J connectivity index is 2.84. The molecule has 0 fully saturated rings. The molecule has 0 heterocycles. The van der Waals surface area contributed by atoms with Crippen molar-refractivity contribution in [1.29, 1.82) is 0 Å². The lowest BCUT2D eigenvalue weighted by Gasteiger charge is -2.29. The zero-order valence-electron chi connectivity index (χ0n) is 11.1. The number of carbonyl (C=O) groups excluding carboxylic acids is 1. The molecule has 1 aromatic rings. The van der Waals surface area contributed by atoms with Crippen LogP contribution >= 0.6 is 15.9 Å². The number of hydrogen-bond donors (Lipinski definition) is 2. The highest BCUT2D eigenvalue weighted by Gasteiger charge is 2.24. The Morgan fingerprint density at radius 3 is 2.67 bits per heavy atom. The fourth-order valence-electron chi connectivity index (χ4n) is 1.71. The fourth-order valence-corrected chi connectivity index (χ4v) is 1.95. The second-order valence-electron chi connectivity index (χ2n) is 4.81. The van der Waals surface area contributed by atoms with Gasteiger partial charge in [0.25, 0.3) is 5.91 Å². The van der Waals surface area contributed by atoms with E-state index >= 15 is 0 Å². The highest BCUT2D eigenvalue weighted by atomic mass is 79.9. The van der Waals surface area contributed by atoms with Gasteiger partial charge in [-0.15, -0.1) is 0 Å². The van der Waals surface area contributed by atoms with Crippen LogP contribution in [0.25, 0.3) is 0 Å². The third-order valence-corrected chi connectivity index (χ3v) is 4.17. The maximum atomic E-state index is 12.1. The largest absolute Gasteiger partial charge is 0.396 e. The molecular formula is C14H20BrNO2. The maximum absolute atomic E-state index is 12.1. The molecule has 0 aliphatic rings. The maximum Gasteiger partial charge on any atom is 0.251 e. The Hall–Kier alpha value is -0.870. The molecule has 100 valence electrons. The van der Waals surface area contributed by atoms with Gasteiger partial charge in [-0.05, 0) is 50.5 Å². The summed E-state index contributed by atoms with van der Waals surface area (Å²) >= 11 is 3.41. The minimum Gasteiger partial charge on any atom is -0.396 e. The molecule has 0 saturated heterocycles. The normalized spacial score (nSPS) is 14.1. The van der Waals surface area contributed by atoms with Crippen LogP contribution in [0.15, 0.2) is 22.7 Å². The van der Waals surface area contributed by atoms with Gasteiger partial charge in [0.05, 0.1) is 0 Å². The van der Waals surface area contributed by atoms with Gasteiger partial charge in [0.2, 0.25) is 0 Å². The predicted molar refractivity (Wildman–Crippen MR) is 76.7 cm³/mol. The number of nitrogens with one attached hydrogen (secondary N) is 1. The molecule has 3 nitrogen and oxygen atoms in total.